The molecule has 2 aromatic rings. The first-order chi connectivity index (χ1) is 13.8. The number of amides is 1. The Balaban J connectivity index is 0.00000320. The van der Waals surface area contributed by atoms with E-state index in [1.807, 2.05) is 30.3 Å². The number of alkyl halides is 3. The maximum atomic E-state index is 13.5. The van der Waals surface area contributed by atoms with Gasteiger partial charge >= 0.3 is 12.3 Å². The summed E-state index contributed by atoms with van der Waals surface area (Å²) in [4.78, 5) is 13.7. The molecule has 0 aliphatic carbocycles. The second-order valence-corrected chi connectivity index (χ2v) is 7.51. The summed E-state index contributed by atoms with van der Waals surface area (Å²) in [7, 11) is 0. The lowest BCUT2D eigenvalue weighted by Gasteiger charge is -2.35. The molecule has 1 heterocycles. The van der Waals surface area contributed by atoms with Gasteiger partial charge in [0.15, 0.2) is 0 Å². The molecular weight excluding hydrogens is 440 g/mol. The molecule has 2 aromatic carbocycles. The highest BCUT2D eigenvalue weighted by Crippen LogP contribution is 2.30. The van der Waals surface area contributed by atoms with E-state index in [2.05, 4.69) is 5.32 Å². The van der Waals surface area contributed by atoms with Gasteiger partial charge in [0, 0.05) is 23.8 Å². The van der Waals surface area contributed by atoms with Gasteiger partial charge in [-0.3, -0.25) is 10.2 Å². The monoisotopic (exact) mass is 462 g/mol. The summed E-state index contributed by atoms with van der Waals surface area (Å²) in [6, 6.07) is 15.8. The zero-order valence-corrected chi connectivity index (χ0v) is 17.6. The number of ether oxygens (including phenoxy) is 1. The molecule has 1 fully saturated rings. The number of nitrogens with zero attached hydrogens (tertiary/aromatic N) is 1. The lowest BCUT2D eigenvalue weighted by molar-refractivity contribution is -0.207. The quantitative estimate of drug-likeness (QED) is 0.581. The minimum atomic E-state index is -4.66. The average Bonchev–Trinajstić information content (AvgIpc) is 2.69. The predicted molar refractivity (Wildman–Crippen MR) is 114 cm³/mol. The van der Waals surface area contributed by atoms with Crippen LogP contribution in [-0.2, 0) is 4.74 Å². The Kier molecular flexibility index (Phi) is 8.82. The molecular formula is C21H23Cl2F3N2O2. The molecule has 30 heavy (non-hydrogen) atoms. The summed E-state index contributed by atoms with van der Waals surface area (Å²) in [6.07, 6.45) is -6.29. The van der Waals surface area contributed by atoms with Gasteiger partial charge in [0.1, 0.15) is 0 Å². The number of carbonyl (C=O) groups excluding carboxylic acids is 1. The number of rotatable bonds is 5. The van der Waals surface area contributed by atoms with E-state index < -0.39 is 18.4 Å². The van der Waals surface area contributed by atoms with Crippen molar-refractivity contribution >= 4 is 35.8 Å². The van der Waals surface area contributed by atoms with Gasteiger partial charge in [0.25, 0.3) is 0 Å². The van der Waals surface area contributed by atoms with Crippen LogP contribution < -0.4 is 5.32 Å². The Morgan fingerprint density at radius 1 is 1.17 bits per heavy atom. The molecule has 164 valence electrons. The van der Waals surface area contributed by atoms with Crippen LogP contribution in [0.5, 0.6) is 0 Å². The number of hydrogen-bond donors (Lipinski definition) is 1. The molecule has 1 aliphatic rings. The Labute approximate surface area is 184 Å². The van der Waals surface area contributed by atoms with Crippen LogP contribution in [0, 0.1) is 0 Å². The topological polar surface area (TPSA) is 41.6 Å². The molecule has 1 saturated heterocycles. The van der Waals surface area contributed by atoms with Crippen molar-refractivity contribution in [3.05, 3.63) is 65.2 Å². The first-order valence-corrected chi connectivity index (χ1v) is 9.76. The number of likely N-dealkylation sites (tertiary alicyclic amines) is 1. The summed E-state index contributed by atoms with van der Waals surface area (Å²) >= 11 is 5.76. The second kappa shape index (κ2) is 10.9. The van der Waals surface area contributed by atoms with E-state index in [1.165, 1.54) is 24.3 Å². The van der Waals surface area contributed by atoms with Gasteiger partial charge in [0.2, 0.25) is 6.10 Å². The fourth-order valence-electron chi connectivity index (χ4n) is 3.47. The molecule has 1 aliphatic heterocycles. The van der Waals surface area contributed by atoms with Crippen molar-refractivity contribution in [3.8, 4) is 0 Å². The Morgan fingerprint density at radius 3 is 2.47 bits per heavy atom. The third-order valence-electron chi connectivity index (χ3n) is 4.91. The Bertz CT molecular complexity index is 804. The van der Waals surface area contributed by atoms with E-state index in [1.54, 1.807) is 4.90 Å². The molecule has 0 unspecified atom stereocenters. The van der Waals surface area contributed by atoms with Crippen LogP contribution in [0.3, 0.4) is 0 Å². The molecule has 0 spiro atoms. The standard InChI is InChI=1S/C21H22ClF3N2O2.ClH/c22-17-8-10-18(11-9-17)26-20(28)29-19(21(23,24)25)14-27-12-4-7-16(13-27)15-5-2-1-3-6-15;/h1-3,5-6,8-11,16,19H,4,7,12-14H2,(H,26,28);1H/t16-,19-;/m1./s1. The van der Waals surface area contributed by atoms with Gasteiger partial charge in [-0.15, -0.1) is 12.4 Å². The van der Waals surface area contributed by atoms with Gasteiger partial charge in [-0.25, -0.2) is 4.79 Å². The van der Waals surface area contributed by atoms with Crippen LogP contribution in [0.25, 0.3) is 0 Å². The molecule has 1 amide bonds. The maximum absolute atomic E-state index is 13.5. The van der Waals surface area contributed by atoms with Crippen LogP contribution in [0.1, 0.15) is 24.3 Å². The molecule has 0 aromatic heterocycles. The molecule has 9 heteroatoms. The van der Waals surface area contributed by atoms with Crippen molar-refractivity contribution in [2.24, 2.45) is 0 Å². The number of nitrogens with one attached hydrogen (secondary N) is 1. The minimum Gasteiger partial charge on any atom is -0.435 e. The lowest BCUT2D eigenvalue weighted by atomic mass is 9.90. The third kappa shape index (κ3) is 7.07. The number of carbonyl (C=O) groups is 1. The fourth-order valence-corrected chi connectivity index (χ4v) is 3.60. The Hall–Kier alpha value is -1.96. The zero-order chi connectivity index (χ0) is 20.9. The summed E-state index contributed by atoms with van der Waals surface area (Å²) in [5.41, 5.74) is 1.42. The molecule has 0 radical (unpaired) electrons. The van der Waals surface area contributed by atoms with Gasteiger partial charge in [-0.05, 0) is 55.1 Å². The van der Waals surface area contributed by atoms with Crippen LogP contribution >= 0.6 is 24.0 Å². The van der Waals surface area contributed by atoms with Crippen LogP contribution in [0.2, 0.25) is 5.02 Å². The first kappa shape index (κ1) is 24.3. The molecule has 0 saturated carbocycles. The van der Waals surface area contributed by atoms with Crippen LogP contribution in [-0.4, -0.2) is 42.9 Å². The van der Waals surface area contributed by atoms with Crippen molar-refractivity contribution < 1.29 is 22.7 Å². The molecule has 2 atom stereocenters. The first-order valence-electron chi connectivity index (χ1n) is 9.38. The highest BCUT2D eigenvalue weighted by Gasteiger charge is 2.44. The minimum absolute atomic E-state index is 0. The number of benzene rings is 2. The number of piperidine rings is 1. The van der Waals surface area contributed by atoms with Crippen molar-refractivity contribution in [1.29, 1.82) is 0 Å². The number of halogens is 5. The third-order valence-corrected chi connectivity index (χ3v) is 5.16. The van der Waals surface area contributed by atoms with Gasteiger partial charge in [-0.1, -0.05) is 41.9 Å². The van der Waals surface area contributed by atoms with Crippen LogP contribution in [0.4, 0.5) is 23.7 Å². The predicted octanol–water partition coefficient (Wildman–Crippen LogP) is 6.12. The number of hydrogen-bond acceptors (Lipinski definition) is 3. The highest BCUT2D eigenvalue weighted by molar-refractivity contribution is 6.30. The van der Waals surface area contributed by atoms with E-state index in [0.717, 1.165) is 18.4 Å². The normalized spacial score (nSPS) is 18.2. The zero-order valence-electron chi connectivity index (χ0n) is 16.1. The smallest absolute Gasteiger partial charge is 0.426 e. The van der Waals surface area contributed by atoms with E-state index in [0.29, 0.717) is 23.8 Å². The summed E-state index contributed by atoms with van der Waals surface area (Å²) in [5, 5.41) is 2.76. The van der Waals surface area contributed by atoms with E-state index in [-0.39, 0.29) is 24.9 Å². The van der Waals surface area contributed by atoms with E-state index >= 15 is 0 Å². The molecule has 3 rings (SSSR count). The molecule has 4 nitrogen and oxygen atoms in total. The second-order valence-electron chi connectivity index (χ2n) is 7.08. The van der Waals surface area contributed by atoms with Gasteiger partial charge < -0.3 is 4.74 Å². The van der Waals surface area contributed by atoms with E-state index in [9.17, 15) is 18.0 Å². The fraction of sp³-hybridized carbons (Fsp3) is 0.381. The lowest BCUT2D eigenvalue weighted by Crippen LogP contribution is -2.47. The van der Waals surface area contributed by atoms with Crippen molar-refractivity contribution in [3.63, 3.8) is 0 Å². The summed E-state index contributed by atoms with van der Waals surface area (Å²) in [6.45, 7) is 0.651. The number of anilines is 1. The highest BCUT2D eigenvalue weighted by atomic mass is 35.5. The summed E-state index contributed by atoms with van der Waals surface area (Å²) < 4.78 is 45.2. The van der Waals surface area contributed by atoms with Gasteiger partial charge in [-0.2, -0.15) is 13.2 Å². The van der Waals surface area contributed by atoms with Crippen molar-refractivity contribution in [1.82, 2.24) is 4.90 Å². The van der Waals surface area contributed by atoms with Gasteiger partial charge in [0.05, 0.1) is 0 Å². The molecule has 1 N–H and O–H groups in total. The SMILES string of the molecule is Cl.O=C(Nc1ccc(Cl)cc1)O[C@H](CN1CCC[C@@H](c2ccccc2)C1)C(F)(F)F. The van der Waals surface area contributed by atoms with Crippen molar-refractivity contribution in [2.45, 2.75) is 31.0 Å². The largest absolute Gasteiger partial charge is 0.435 e. The van der Waals surface area contributed by atoms with Crippen LogP contribution in [0.15, 0.2) is 54.6 Å². The summed E-state index contributed by atoms with van der Waals surface area (Å²) in [5.74, 6) is 0.168. The average molecular weight is 463 g/mol. The Morgan fingerprint density at radius 2 is 1.83 bits per heavy atom. The van der Waals surface area contributed by atoms with E-state index in [4.69, 9.17) is 16.3 Å². The maximum Gasteiger partial charge on any atom is 0.426 e. The van der Waals surface area contributed by atoms with Crippen molar-refractivity contribution in [2.75, 3.05) is 25.0 Å². The molecule has 0 bridgehead atoms.